The molecular formula is C20H27FN4O. The van der Waals surface area contributed by atoms with Gasteiger partial charge in [-0.15, -0.1) is 0 Å². The van der Waals surface area contributed by atoms with Crippen molar-refractivity contribution in [1.82, 2.24) is 15.5 Å². The van der Waals surface area contributed by atoms with Crippen LogP contribution < -0.4 is 10.6 Å². The predicted molar refractivity (Wildman–Crippen MR) is 101 cm³/mol. The highest BCUT2D eigenvalue weighted by molar-refractivity contribution is 5.79. The van der Waals surface area contributed by atoms with Crippen LogP contribution in [0, 0.1) is 5.82 Å². The zero-order valence-corrected chi connectivity index (χ0v) is 15.2. The van der Waals surface area contributed by atoms with Gasteiger partial charge in [-0.1, -0.05) is 12.1 Å². The van der Waals surface area contributed by atoms with Gasteiger partial charge in [-0.3, -0.25) is 4.90 Å². The molecule has 1 saturated heterocycles. The molecule has 1 aliphatic heterocycles. The van der Waals surface area contributed by atoms with Gasteiger partial charge in [0.25, 0.3) is 0 Å². The standard InChI is InChI=1S/C20H27FN4O/c1-2-22-20(23-14-16-7-9-17(21)10-8-16)24-15-18(19-6-5-13-26-19)25-11-3-4-12-25/h5-10,13,18H,2-4,11-12,14-15H2,1H3,(H2,22,23,24). The van der Waals surface area contributed by atoms with E-state index in [2.05, 4.69) is 20.5 Å². The Kier molecular flexibility index (Phi) is 6.66. The average molecular weight is 358 g/mol. The van der Waals surface area contributed by atoms with Gasteiger partial charge in [0.1, 0.15) is 11.6 Å². The van der Waals surface area contributed by atoms with Crippen molar-refractivity contribution in [3.05, 3.63) is 59.8 Å². The number of aliphatic imine (C=N–C) groups is 1. The van der Waals surface area contributed by atoms with Crippen molar-refractivity contribution >= 4 is 5.96 Å². The number of nitrogens with zero attached hydrogens (tertiary/aromatic N) is 2. The van der Waals surface area contributed by atoms with E-state index < -0.39 is 0 Å². The van der Waals surface area contributed by atoms with Gasteiger partial charge >= 0.3 is 0 Å². The van der Waals surface area contributed by atoms with Crippen molar-refractivity contribution in [2.75, 3.05) is 26.2 Å². The fraction of sp³-hybridized carbons (Fsp3) is 0.450. The summed E-state index contributed by atoms with van der Waals surface area (Å²) in [7, 11) is 0. The first-order chi connectivity index (χ1) is 12.8. The molecule has 5 nitrogen and oxygen atoms in total. The first kappa shape index (κ1) is 18.5. The maximum atomic E-state index is 13.0. The minimum atomic E-state index is -0.227. The second kappa shape index (κ2) is 9.38. The Labute approximate surface area is 154 Å². The summed E-state index contributed by atoms with van der Waals surface area (Å²) in [6.07, 6.45) is 4.19. The highest BCUT2D eigenvalue weighted by atomic mass is 19.1. The van der Waals surface area contributed by atoms with Crippen LogP contribution in [0.2, 0.25) is 0 Å². The SMILES string of the molecule is CCNC(=NCc1ccc(F)cc1)NCC(c1ccco1)N1CCCC1. The Hall–Kier alpha value is -2.34. The van der Waals surface area contributed by atoms with Gasteiger partial charge in [0, 0.05) is 13.1 Å². The monoisotopic (exact) mass is 358 g/mol. The Bertz CT molecular complexity index is 678. The summed E-state index contributed by atoms with van der Waals surface area (Å²) in [5.41, 5.74) is 0.978. The minimum absolute atomic E-state index is 0.196. The fourth-order valence-electron chi connectivity index (χ4n) is 3.24. The lowest BCUT2D eigenvalue weighted by Crippen LogP contribution is -2.42. The summed E-state index contributed by atoms with van der Waals surface area (Å²) in [5, 5.41) is 6.70. The number of likely N-dealkylation sites (tertiary alicyclic amines) is 1. The van der Waals surface area contributed by atoms with E-state index in [0.717, 1.165) is 43.5 Å². The Balaban J connectivity index is 1.63. The molecule has 0 amide bonds. The van der Waals surface area contributed by atoms with Crippen molar-refractivity contribution in [1.29, 1.82) is 0 Å². The van der Waals surface area contributed by atoms with E-state index in [-0.39, 0.29) is 11.9 Å². The molecular weight excluding hydrogens is 331 g/mol. The number of guanidine groups is 1. The molecule has 0 aliphatic carbocycles. The molecule has 1 aromatic heterocycles. The Morgan fingerprint density at radius 1 is 1.19 bits per heavy atom. The first-order valence-corrected chi connectivity index (χ1v) is 9.30. The third kappa shape index (κ3) is 5.08. The van der Waals surface area contributed by atoms with Gasteiger partial charge in [0.15, 0.2) is 5.96 Å². The minimum Gasteiger partial charge on any atom is -0.468 e. The molecule has 0 bridgehead atoms. The Morgan fingerprint density at radius 3 is 2.62 bits per heavy atom. The van der Waals surface area contributed by atoms with Gasteiger partial charge in [-0.05, 0) is 62.7 Å². The van der Waals surface area contributed by atoms with Crippen LogP contribution in [-0.4, -0.2) is 37.0 Å². The molecule has 3 rings (SSSR count). The van der Waals surface area contributed by atoms with Gasteiger partial charge in [-0.2, -0.15) is 0 Å². The predicted octanol–water partition coefficient (Wildman–Crippen LogP) is 3.31. The normalized spacial score (nSPS) is 16.6. The topological polar surface area (TPSA) is 52.8 Å². The van der Waals surface area contributed by atoms with Gasteiger partial charge in [-0.25, -0.2) is 9.38 Å². The summed E-state index contributed by atoms with van der Waals surface area (Å²) >= 11 is 0. The molecule has 1 fully saturated rings. The van der Waals surface area contributed by atoms with Crippen LogP contribution in [0.5, 0.6) is 0 Å². The Morgan fingerprint density at radius 2 is 1.96 bits per heavy atom. The molecule has 1 unspecified atom stereocenters. The van der Waals surface area contributed by atoms with E-state index in [1.165, 1.54) is 25.0 Å². The molecule has 0 saturated carbocycles. The summed E-state index contributed by atoms with van der Waals surface area (Å²) in [4.78, 5) is 7.07. The quantitative estimate of drug-likeness (QED) is 0.589. The smallest absolute Gasteiger partial charge is 0.191 e. The molecule has 1 aromatic carbocycles. The van der Waals surface area contributed by atoms with Crippen LogP contribution in [0.4, 0.5) is 4.39 Å². The van der Waals surface area contributed by atoms with Gasteiger partial charge in [0.05, 0.1) is 18.8 Å². The van der Waals surface area contributed by atoms with E-state index in [1.54, 1.807) is 18.4 Å². The number of benzene rings is 1. The van der Waals surface area contributed by atoms with Crippen LogP contribution in [0.3, 0.4) is 0 Å². The van der Waals surface area contributed by atoms with Crippen LogP contribution in [-0.2, 0) is 6.54 Å². The number of hydrogen-bond donors (Lipinski definition) is 2. The molecule has 0 spiro atoms. The number of nitrogens with one attached hydrogen (secondary N) is 2. The van der Waals surface area contributed by atoms with Crippen molar-refractivity contribution in [2.45, 2.75) is 32.4 Å². The van der Waals surface area contributed by atoms with Crippen molar-refractivity contribution in [2.24, 2.45) is 4.99 Å². The van der Waals surface area contributed by atoms with Crippen molar-refractivity contribution < 1.29 is 8.81 Å². The van der Waals surface area contributed by atoms with Gasteiger partial charge < -0.3 is 15.1 Å². The summed E-state index contributed by atoms with van der Waals surface area (Å²) in [6.45, 7) is 6.24. The number of halogens is 1. The molecule has 6 heteroatoms. The lowest BCUT2D eigenvalue weighted by atomic mass is 10.2. The third-order valence-electron chi connectivity index (χ3n) is 4.59. The van der Waals surface area contributed by atoms with Crippen LogP contribution in [0.25, 0.3) is 0 Å². The largest absolute Gasteiger partial charge is 0.468 e. The fourth-order valence-corrected chi connectivity index (χ4v) is 3.24. The average Bonchev–Trinajstić information content (AvgIpc) is 3.35. The molecule has 1 atom stereocenters. The highest BCUT2D eigenvalue weighted by Gasteiger charge is 2.25. The lowest BCUT2D eigenvalue weighted by molar-refractivity contribution is 0.215. The summed E-state index contributed by atoms with van der Waals surface area (Å²) in [6, 6.07) is 10.6. The third-order valence-corrected chi connectivity index (χ3v) is 4.59. The van der Waals surface area contributed by atoms with Crippen molar-refractivity contribution in [3.63, 3.8) is 0 Å². The van der Waals surface area contributed by atoms with Crippen LogP contribution in [0.1, 0.15) is 37.1 Å². The van der Waals surface area contributed by atoms with E-state index >= 15 is 0 Å². The van der Waals surface area contributed by atoms with E-state index in [4.69, 9.17) is 4.42 Å². The van der Waals surface area contributed by atoms with E-state index in [9.17, 15) is 4.39 Å². The summed E-state index contributed by atoms with van der Waals surface area (Å²) < 4.78 is 18.7. The maximum Gasteiger partial charge on any atom is 0.191 e. The van der Waals surface area contributed by atoms with E-state index in [0.29, 0.717) is 6.54 Å². The molecule has 2 heterocycles. The molecule has 1 aliphatic rings. The number of hydrogen-bond acceptors (Lipinski definition) is 3. The number of rotatable bonds is 7. The highest BCUT2D eigenvalue weighted by Crippen LogP contribution is 2.24. The maximum absolute atomic E-state index is 13.0. The van der Waals surface area contributed by atoms with Gasteiger partial charge in [0.2, 0.25) is 0 Å². The second-order valence-corrected chi connectivity index (χ2v) is 6.48. The van der Waals surface area contributed by atoms with Crippen LogP contribution in [0.15, 0.2) is 52.1 Å². The first-order valence-electron chi connectivity index (χ1n) is 9.30. The second-order valence-electron chi connectivity index (χ2n) is 6.48. The number of furan rings is 1. The lowest BCUT2D eigenvalue weighted by Gasteiger charge is -2.26. The van der Waals surface area contributed by atoms with Crippen molar-refractivity contribution in [3.8, 4) is 0 Å². The zero-order chi connectivity index (χ0) is 18.2. The zero-order valence-electron chi connectivity index (χ0n) is 15.2. The molecule has 2 aromatic rings. The van der Waals surface area contributed by atoms with Crippen LogP contribution >= 0.6 is 0 Å². The summed E-state index contributed by atoms with van der Waals surface area (Å²) in [5.74, 6) is 1.51. The molecule has 2 N–H and O–H groups in total. The molecule has 26 heavy (non-hydrogen) atoms. The molecule has 0 radical (unpaired) electrons. The molecule has 140 valence electrons. The van der Waals surface area contributed by atoms with E-state index in [1.807, 2.05) is 19.1 Å².